The third-order valence-corrected chi connectivity index (χ3v) is 14.5. The van der Waals surface area contributed by atoms with Crippen LogP contribution in [0.2, 0.25) is 0 Å². The van der Waals surface area contributed by atoms with Gasteiger partial charge in [0, 0.05) is 25.7 Å². The Morgan fingerprint density at radius 2 is 0.345 bits per heavy atom. The molecule has 0 rings (SSSR count). The number of esters is 4. The summed E-state index contributed by atoms with van der Waals surface area (Å²) in [6.45, 7) is 7.07. The van der Waals surface area contributed by atoms with Gasteiger partial charge in [-0.2, -0.15) is 0 Å². The van der Waals surface area contributed by atoms with Crippen LogP contribution in [0.1, 0.15) is 336 Å². The minimum atomic E-state index is -0.953. The van der Waals surface area contributed by atoms with Crippen molar-refractivity contribution < 1.29 is 79.0 Å². The van der Waals surface area contributed by atoms with Crippen LogP contribution in [0.25, 0.3) is 0 Å². The summed E-state index contributed by atoms with van der Waals surface area (Å²) < 4.78 is 19.4. The number of carbonyl (C=O) groups is 4. The van der Waals surface area contributed by atoms with E-state index >= 15 is 0 Å². The number of aliphatic hydroxyl groups is 8. The predicted molar refractivity (Wildman–Crippen MR) is 341 cm³/mol. The van der Waals surface area contributed by atoms with Gasteiger partial charge in [-0.05, 0) is 25.7 Å². The van der Waals surface area contributed by atoms with Crippen molar-refractivity contribution in [2.24, 2.45) is 0 Å². The van der Waals surface area contributed by atoms with Crippen molar-refractivity contribution in [2.45, 2.75) is 360 Å². The lowest BCUT2D eigenvalue weighted by Crippen LogP contribution is -2.21. The summed E-state index contributed by atoms with van der Waals surface area (Å²) in [6.07, 6.45) is 53.0. The standard InChI is InChI=1S/4C17H34O4/c4*1-2-3-4-5-6-7-8-9-10-11-12-13-17(20)21-15-16(19)14-18/h4*16,18-19H,2-15H2,1H3. The van der Waals surface area contributed by atoms with E-state index in [-0.39, 0.29) is 76.7 Å². The number of aliphatic hydroxyl groups excluding tert-OH is 8. The highest BCUT2D eigenvalue weighted by atomic mass is 16.6. The Morgan fingerprint density at radius 1 is 0.226 bits per heavy atom. The van der Waals surface area contributed by atoms with Gasteiger partial charge in [0.25, 0.3) is 0 Å². The van der Waals surface area contributed by atoms with E-state index in [1.54, 1.807) is 0 Å². The second-order valence-electron chi connectivity index (χ2n) is 23.2. The van der Waals surface area contributed by atoms with Gasteiger partial charge in [-0.25, -0.2) is 0 Å². The van der Waals surface area contributed by atoms with E-state index < -0.39 is 24.4 Å². The minimum absolute atomic E-state index is 0.104. The second-order valence-corrected chi connectivity index (χ2v) is 23.2. The average molecular weight is 1210 g/mol. The molecule has 84 heavy (non-hydrogen) atoms. The molecular weight excluding hydrogens is 1070 g/mol. The summed E-state index contributed by atoms with van der Waals surface area (Å²) in [6, 6.07) is 0. The summed E-state index contributed by atoms with van der Waals surface area (Å²) in [5.41, 5.74) is 0. The first-order valence-electron chi connectivity index (χ1n) is 34.6. The molecule has 16 heteroatoms. The highest BCUT2D eigenvalue weighted by molar-refractivity contribution is 5.70. The molecule has 0 fully saturated rings. The third-order valence-electron chi connectivity index (χ3n) is 14.5. The van der Waals surface area contributed by atoms with Crippen LogP contribution in [-0.2, 0) is 38.1 Å². The molecule has 4 atom stereocenters. The van der Waals surface area contributed by atoms with Crippen molar-refractivity contribution >= 4 is 23.9 Å². The summed E-state index contributed by atoms with van der Waals surface area (Å²) >= 11 is 0. The smallest absolute Gasteiger partial charge is 0.305 e. The molecule has 0 aliphatic heterocycles. The molecule has 0 heterocycles. The van der Waals surface area contributed by atoms with Gasteiger partial charge in [-0.15, -0.1) is 0 Å². The Kier molecular flexibility index (Phi) is 80.3. The molecule has 0 spiro atoms. The molecule has 0 aromatic rings. The normalized spacial score (nSPS) is 12.3. The Balaban J connectivity index is -0.000000508. The Hall–Kier alpha value is -2.44. The van der Waals surface area contributed by atoms with E-state index in [2.05, 4.69) is 27.7 Å². The van der Waals surface area contributed by atoms with Gasteiger partial charge in [-0.3, -0.25) is 19.2 Å². The largest absolute Gasteiger partial charge is 0.463 e. The van der Waals surface area contributed by atoms with Crippen molar-refractivity contribution in [3.05, 3.63) is 0 Å². The van der Waals surface area contributed by atoms with E-state index in [4.69, 9.17) is 59.8 Å². The monoisotopic (exact) mass is 1210 g/mol. The SMILES string of the molecule is CCCCCCCCCCCCCC(=O)OCC(O)CO.CCCCCCCCCCCCCC(=O)OCC(O)CO.CCCCCCCCCCCCCC(=O)OCC(O)CO.CCCCCCCCCCCCCC(=O)OCC(O)CO. The molecule has 0 aromatic carbocycles. The van der Waals surface area contributed by atoms with Crippen LogP contribution in [0.4, 0.5) is 0 Å². The van der Waals surface area contributed by atoms with E-state index in [1.165, 1.54) is 231 Å². The first-order chi connectivity index (χ1) is 40.8. The summed E-state index contributed by atoms with van der Waals surface area (Å²) in [4.78, 5) is 45.2. The van der Waals surface area contributed by atoms with Crippen LogP contribution in [0.3, 0.4) is 0 Å². The van der Waals surface area contributed by atoms with Crippen molar-refractivity contribution in [2.75, 3.05) is 52.9 Å². The summed E-state index contributed by atoms with van der Waals surface area (Å²) in [5, 5.41) is 70.5. The molecule has 16 nitrogen and oxygen atoms in total. The van der Waals surface area contributed by atoms with Crippen molar-refractivity contribution in [3.63, 3.8) is 0 Å². The molecule has 0 amide bonds. The first kappa shape index (κ1) is 88.0. The maximum Gasteiger partial charge on any atom is 0.305 e. The quantitative estimate of drug-likeness (QED) is 0.0160. The van der Waals surface area contributed by atoms with Crippen molar-refractivity contribution in [1.82, 2.24) is 0 Å². The zero-order valence-electron chi connectivity index (χ0n) is 54.8. The zero-order chi connectivity index (χ0) is 63.0. The molecule has 8 N–H and O–H groups in total. The number of ether oxygens (including phenoxy) is 4. The minimum Gasteiger partial charge on any atom is -0.463 e. The lowest BCUT2D eigenvalue weighted by molar-refractivity contribution is -0.148. The van der Waals surface area contributed by atoms with Crippen molar-refractivity contribution in [1.29, 1.82) is 0 Å². The van der Waals surface area contributed by atoms with Gasteiger partial charge in [0.1, 0.15) is 50.8 Å². The summed E-state index contributed by atoms with van der Waals surface area (Å²) in [7, 11) is 0. The number of carbonyl (C=O) groups excluding carboxylic acids is 4. The van der Waals surface area contributed by atoms with E-state index in [0.717, 1.165) is 51.4 Å². The van der Waals surface area contributed by atoms with Gasteiger partial charge in [-0.1, -0.05) is 285 Å². The Morgan fingerprint density at radius 3 is 0.464 bits per heavy atom. The molecule has 0 saturated heterocycles. The fourth-order valence-electron chi connectivity index (χ4n) is 8.99. The van der Waals surface area contributed by atoms with Crippen LogP contribution < -0.4 is 0 Å². The number of hydrogen-bond donors (Lipinski definition) is 8. The van der Waals surface area contributed by atoms with Gasteiger partial charge in [0.05, 0.1) is 26.4 Å². The topological polar surface area (TPSA) is 267 Å². The van der Waals surface area contributed by atoms with Gasteiger partial charge in [0.15, 0.2) is 0 Å². The Bertz CT molecular complexity index is 1120. The van der Waals surface area contributed by atoms with Gasteiger partial charge in [0.2, 0.25) is 0 Å². The van der Waals surface area contributed by atoms with Crippen LogP contribution in [0, 0.1) is 0 Å². The highest BCUT2D eigenvalue weighted by Gasteiger charge is 2.11. The molecule has 0 aliphatic rings. The number of hydrogen-bond acceptors (Lipinski definition) is 16. The van der Waals surface area contributed by atoms with Crippen LogP contribution in [0.15, 0.2) is 0 Å². The fraction of sp³-hybridized carbons (Fsp3) is 0.941. The maximum absolute atomic E-state index is 11.3. The molecule has 0 saturated carbocycles. The predicted octanol–water partition coefficient (Wildman–Crippen LogP) is 14.3. The molecular formula is C68H136O16. The maximum atomic E-state index is 11.3. The van der Waals surface area contributed by atoms with Crippen LogP contribution in [-0.4, -0.2) is 142 Å². The number of unbranched alkanes of at least 4 members (excludes halogenated alkanes) is 40. The summed E-state index contributed by atoms with van der Waals surface area (Å²) in [5.74, 6) is -1.12. The molecule has 0 aromatic heterocycles. The third kappa shape index (κ3) is 81.6. The Labute approximate surface area is 514 Å². The first-order valence-corrected chi connectivity index (χ1v) is 34.6. The highest BCUT2D eigenvalue weighted by Crippen LogP contribution is 2.16. The molecule has 0 bridgehead atoms. The van der Waals surface area contributed by atoms with Crippen LogP contribution >= 0.6 is 0 Å². The molecule has 504 valence electrons. The van der Waals surface area contributed by atoms with Gasteiger partial charge < -0.3 is 59.8 Å². The van der Waals surface area contributed by atoms with E-state index in [9.17, 15) is 19.2 Å². The molecule has 0 radical (unpaired) electrons. The zero-order valence-corrected chi connectivity index (χ0v) is 54.8. The van der Waals surface area contributed by atoms with E-state index in [1.807, 2.05) is 0 Å². The van der Waals surface area contributed by atoms with Crippen LogP contribution in [0.5, 0.6) is 0 Å². The fourth-order valence-corrected chi connectivity index (χ4v) is 8.99. The lowest BCUT2D eigenvalue weighted by atomic mass is 10.1. The number of rotatable bonds is 60. The van der Waals surface area contributed by atoms with Gasteiger partial charge >= 0.3 is 23.9 Å². The second kappa shape index (κ2) is 76.7. The lowest BCUT2D eigenvalue weighted by Gasteiger charge is -2.08. The van der Waals surface area contributed by atoms with E-state index in [0.29, 0.717) is 25.7 Å². The average Bonchev–Trinajstić information content (AvgIpc) is 3.50. The molecule has 0 aliphatic carbocycles. The van der Waals surface area contributed by atoms with Crippen molar-refractivity contribution in [3.8, 4) is 0 Å². The molecule has 4 unspecified atom stereocenters.